The van der Waals surface area contributed by atoms with E-state index in [1.165, 1.54) is 0 Å². The molecule has 0 atom stereocenters. The van der Waals surface area contributed by atoms with E-state index in [-0.39, 0.29) is 12.5 Å². The van der Waals surface area contributed by atoms with Gasteiger partial charge in [0, 0.05) is 19.6 Å². The molecule has 0 aromatic heterocycles. The van der Waals surface area contributed by atoms with Crippen molar-refractivity contribution in [1.29, 1.82) is 0 Å². The zero-order valence-corrected chi connectivity index (χ0v) is 12.7. The van der Waals surface area contributed by atoms with Crippen molar-refractivity contribution in [3.05, 3.63) is 28.8 Å². The van der Waals surface area contributed by atoms with Gasteiger partial charge in [0.1, 0.15) is 5.75 Å². The summed E-state index contributed by atoms with van der Waals surface area (Å²) in [6.07, 6.45) is 2.20. The lowest BCUT2D eigenvalue weighted by Crippen LogP contribution is -2.33. The van der Waals surface area contributed by atoms with Crippen LogP contribution in [0.4, 0.5) is 0 Å². The van der Waals surface area contributed by atoms with Crippen LogP contribution in [-0.2, 0) is 11.3 Å². The molecule has 1 aliphatic carbocycles. The van der Waals surface area contributed by atoms with E-state index in [0.29, 0.717) is 16.8 Å². The third-order valence-electron chi connectivity index (χ3n) is 3.41. The van der Waals surface area contributed by atoms with Crippen LogP contribution in [0.2, 0.25) is 5.02 Å². The highest BCUT2D eigenvalue weighted by atomic mass is 35.5. The maximum absolute atomic E-state index is 11.9. The van der Waals surface area contributed by atoms with Gasteiger partial charge in [0.05, 0.1) is 5.02 Å². The Labute approximate surface area is 125 Å². The Morgan fingerprint density at radius 1 is 1.50 bits per heavy atom. The average molecular weight is 297 g/mol. The fourth-order valence-corrected chi connectivity index (χ4v) is 2.21. The summed E-state index contributed by atoms with van der Waals surface area (Å²) in [5, 5.41) is 3.78. The molecule has 1 aromatic rings. The van der Waals surface area contributed by atoms with Gasteiger partial charge >= 0.3 is 0 Å². The van der Waals surface area contributed by atoms with Gasteiger partial charge in [-0.25, -0.2) is 0 Å². The summed E-state index contributed by atoms with van der Waals surface area (Å²) in [6, 6.07) is 6.05. The number of rotatable bonds is 7. The van der Waals surface area contributed by atoms with E-state index in [9.17, 15) is 4.79 Å². The van der Waals surface area contributed by atoms with Crippen LogP contribution >= 0.6 is 11.6 Å². The first-order valence-electron chi connectivity index (χ1n) is 6.99. The Kier molecular flexibility index (Phi) is 5.26. The molecular weight excluding hydrogens is 276 g/mol. The number of amides is 1. The molecule has 0 heterocycles. The maximum atomic E-state index is 11.9. The van der Waals surface area contributed by atoms with E-state index in [1.807, 2.05) is 25.2 Å². The number of benzene rings is 1. The lowest BCUT2D eigenvalue weighted by Gasteiger charge is -2.17. The predicted molar refractivity (Wildman–Crippen MR) is 80.1 cm³/mol. The molecular formula is C15H21ClN2O2. The van der Waals surface area contributed by atoms with Gasteiger partial charge in [0.2, 0.25) is 0 Å². The first kappa shape index (κ1) is 15.1. The summed E-state index contributed by atoms with van der Waals surface area (Å²) in [5.41, 5.74) is 1.10. The van der Waals surface area contributed by atoms with Crippen molar-refractivity contribution in [3.63, 3.8) is 0 Å². The number of nitrogens with one attached hydrogen (secondary N) is 1. The molecule has 5 heteroatoms. The van der Waals surface area contributed by atoms with Crippen molar-refractivity contribution in [2.24, 2.45) is 0 Å². The van der Waals surface area contributed by atoms with Crippen LogP contribution in [0.3, 0.4) is 0 Å². The number of carbonyl (C=O) groups excluding carboxylic acids is 1. The second-order valence-corrected chi connectivity index (χ2v) is 5.48. The van der Waals surface area contributed by atoms with Crippen molar-refractivity contribution in [3.8, 4) is 5.75 Å². The Morgan fingerprint density at radius 3 is 2.85 bits per heavy atom. The number of ether oxygens (including phenoxy) is 1. The first-order valence-corrected chi connectivity index (χ1v) is 7.37. The highest BCUT2D eigenvalue weighted by Crippen LogP contribution is 2.27. The van der Waals surface area contributed by atoms with Crippen molar-refractivity contribution in [1.82, 2.24) is 10.2 Å². The van der Waals surface area contributed by atoms with Gasteiger partial charge in [0.25, 0.3) is 5.91 Å². The normalized spacial score (nSPS) is 14.2. The maximum Gasteiger partial charge on any atom is 0.260 e. The summed E-state index contributed by atoms with van der Waals surface area (Å²) < 4.78 is 5.51. The molecule has 110 valence electrons. The average Bonchev–Trinajstić information content (AvgIpc) is 3.27. The molecule has 1 amide bonds. The van der Waals surface area contributed by atoms with Gasteiger partial charge in [-0.3, -0.25) is 4.79 Å². The van der Waals surface area contributed by atoms with E-state index in [4.69, 9.17) is 16.3 Å². The van der Waals surface area contributed by atoms with Crippen molar-refractivity contribution >= 4 is 17.5 Å². The van der Waals surface area contributed by atoms with Crippen LogP contribution in [0.1, 0.15) is 25.3 Å². The molecule has 20 heavy (non-hydrogen) atoms. The number of carbonyl (C=O) groups is 1. The highest BCUT2D eigenvalue weighted by molar-refractivity contribution is 6.32. The number of hydrogen-bond donors (Lipinski definition) is 1. The lowest BCUT2D eigenvalue weighted by molar-refractivity contribution is -0.132. The van der Waals surface area contributed by atoms with Crippen LogP contribution in [0.5, 0.6) is 5.75 Å². The van der Waals surface area contributed by atoms with E-state index in [2.05, 4.69) is 12.2 Å². The molecule has 2 rings (SSSR count). The van der Waals surface area contributed by atoms with E-state index >= 15 is 0 Å². The molecule has 1 fully saturated rings. The topological polar surface area (TPSA) is 41.6 Å². The third-order valence-corrected chi connectivity index (χ3v) is 3.71. The SMILES string of the molecule is CCNCc1ccc(OCC(=O)N(C)C2CC2)c(Cl)c1. The van der Waals surface area contributed by atoms with E-state index in [0.717, 1.165) is 31.5 Å². The Morgan fingerprint density at radius 2 is 2.25 bits per heavy atom. The van der Waals surface area contributed by atoms with Gasteiger partial charge in [-0.05, 0) is 37.1 Å². The summed E-state index contributed by atoms with van der Waals surface area (Å²) in [7, 11) is 1.82. The smallest absolute Gasteiger partial charge is 0.260 e. The van der Waals surface area contributed by atoms with Gasteiger partial charge in [-0.15, -0.1) is 0 Å². The lowest BCUT2D eigenvalue weighted by atomic mass is 10.2. The van der Waals surface area contributed by atoms with Crippen molar-refractivity contribution < 1.29 is 9.53 Å². The van der Waals surface area contributed by atoms with Crippen LogP contribution < -0.4 is 10.1 Å². The number of hydrogen-bond acceptors (Lipinski definition) is 3. The summed E-state index contributed by atoms with van der Waals surface area (Å²) in [4.78, 5) is 13.6. The second-order valence-electron chi connectivity index (χ2n) is 5.07. The van der Waals surface area contributed by atoms with E-state index in [1.54, 1.807) is 4.90 Å². The number of likely N-dealkylation sites (N-methyl/N-ethyl adjacent to an activating group) is 1. The van der Waals surface area contributed by atoms with Gasteiger partial charge in [-0.2, -0.15) is 0 Å². The third kappa shape index (κ3) is 4.12. The minimum absolute atomic E-state index is 0.000271. The van der Waals surface area contributed by atoms with E-state index < -0.39 is 0 Å². The zero-order chi connectivity index (χ0) is 14.5. The number of halogens is 1. The zero-order valence-electron chi connectivity index (χ0n) is 12.0. The Hall–Kier alpha value is -1.26. The summed E-state index contributed by atoms with van der Waals surface area (Å²) in [6.45, 7) is 3.79. The second kappa shape index (κ2) is 6.95. The van der Waals surface area contributed by atoms with Gasteiger partial charge < -0.3 is 15.0 Å². The summed E-state index contributed by atoms with van der Waals surface area (Å²) >= 11 is 6.17. The minimum atomic E-state index is 0.000271. The first-order chi connectivity index (χ1) is 9.61. The minimum Gasteiger partial charge on any atom is -0.482 e. The predicted octanol–water partition coefficient (Wildman–Crippen LogP) is 2.45. The molecule has 1 aliphatic rings. The van der Waals surface area contributed by atoms with Crippen LogP contribution in [-0.4, -0.2) is 37.0 Å². The molecule has 1 aromatic carbocycles. The standard InChI is InChI=1S/C15H21ClN2O2/c1-3-17-9-11-4-7-14(13(16)8-11)20-10-15(19)18(2)12-5-6-12/h4,7-8,12,17H,3,5-6,9-10H2,1-2H3. The fourth-order valence-electron chi connectivity index (χ4n) is 1.95. The monoisotopic (exact) mass is 296 g/mol. The molecule has 0 spiro atoms. The van der Waals surface area contributed by atoms with Crippen LogP contribution in [0.25, 0.3) is 0 Å². The molecule has 0 unspecified atom stereocenters. The van der Waals surface area contributed by atoms with Crippen LogP contribution in [0.15, 0.2) is 18.2 Å². The molecule has 1 N–H and O–H groups in total. The fraction of sp³-hybridized carbons (Fsp3) is 0.533. The molecule has 0 radical (unpaired) electrons. The Balaban J connectivity index is 1.87. The molecule has 1 saturated carbocycles. The largest absolute Gasteiger partial charge is 0.482 e. The molecule has 0 bridgehead atoms. The molecule has 0 aliphatic heterocycles. The van der Waals surface area contributed by atoms with Gasteiger partial charge in [-0.1, -0.05) is 24.6 Å². The van der Waals surface area contributed by atoms with Crippen molar-refractivity contribution in [2.45, 2.75) is 32.4 Å². The van der Waals surface area contributed by atoms with Crippen molar-refractivity contribution in [2.75, 3.05) is 20.2 Å². The number of nitrogens with zero attached hydrogens (tertiary/aromatic N) is 1. The Bertz CT molecular complexity index is 475. The highest BCUT2D eigenvalue weighted by Gasteiger charge is 2.29. The molecule has 0 saturated heterocycles. The van der Waals surface area contributed by atoms with Gasteiger partial charge in [0.15, 0.2) is 6.61 Å². The van der Waals surface area contributed by atoms with Crippen LogP contribution in [0, 0.1) is 0 Å². The molecule has 4 nitrogen and oxygen atoms in total. The quantitative estimate of drug-likeness (QED) is 0.840. The summed E-state index contributed by atoms with van der Waals surface area (Å²) in [5.74, 6) is 0.560.